The molecule has 4 rings (SSSR count). The number of alkyl carbamates (subject to hydrolysis) is 1. The van der Waals surface area contributed by atoms with Crippen molar-refractivity contribution >= 4 is 18.0 Å². The second-order valence-corrected chi connectivity index (χ2v) is 8.37. The number of rotatable bonds is 7. The molecule has 34 heavy (non-hydrogen) atoms. The number of ether oxygens (including phenoxy) is 2. The maximum atomic E-state index is 13.1. The Balaban J connectivity index is 1.44. The Hall–Kier alpha value is -3.83. The van der Waals surface area contributed by atoms with E-state index in [1.165, 1.54) is 12.0 Å². The van der Waals surface area contributed by atoms with Crippen LogP contribution >= 0.6 is 0 Å². The third-order valence-electron chi connectivity index (χ3n) is 6.42. The number of carboxylic acid groups (broad SMARTS) is 1. The summed E-state index contributed by atoms with van der Waals surface area (Å²) in [5, 5.41) is 12.0. The van der Waals surface area contributed by atoms with Crippen LogP contribution in [0.2, 0.25) is 0 Å². The van der Waals surface area contributed by atoms with Gasteiger partial charge in [-0.25, -0.2) is 9.59 Å². The maximum Gasteiger partial charge on any atom is 0.407 e. The number of nitrogens with zero attached hydrogens (tertiary/aromatic N) is 1. The van der Waals surface area contributed by atoms with Crippen molar-refractivity contribution in [2.75, 3.05) is 20.3 Å². The monoisotopic (exact) mass is 462 g/mol. The molecule has 2 aromatic rings. The van der Waals surface area contributed by atoms with Crippen LogP contribution < -0.4 is 5.32 Å². The molecule has 0 radical (unpaired) electrons. The number of hydrogen-bond acceptors (Lipinski definition) is 5. The summed E-state index contributed by atoms with van der Waals surface area (Å²) in [6.07, 6.45) is 4.31. The van der Waals surface area contributed by atoms with Crippen molar-refractivity contribution in [2.24, 2.45) is 0 Å². The van der Waals surface area contributed by atoms with Gasteiger partial charge in [-0.1, -0.05) is 48.5 Å². The van der Waals surface area contributed by atoms with E-state index in [1.807, 2.05) is 48.5 Å². The first-order valence-corrected chi connectivity index (χ1v) is 11.1. The summed E-state index contributed by atoms with van der Waals surface area (Å²) in [4.78, 5) is 38.6. The van der Waals surface area contributed by atoms with E-state index in [0.717, 1.165) is 22.3 Å². The van der Waals surface area contributed by atoms with Crippen molar-refractivity contribution < 1.29 is 29.0 Å². The van der Waals surface area contributed by atoms with Gasteiger partial charge in [0.1, 0.15) is 18.7 Å². The van der Waals surface area contributed by atoms with Crippen molar-refractivity contribution in [3.8, 4) is 23.5 Å². The topological polar surface area (TPSA) is 105 Å². The number of carbonyl (C=O) groups excluding carboxylic acids is 2. The third-order valence-corrected chi connectivity index (χ3v) is 6.42. The molecule has 3 unspecified atom stereocenters. The van der Waals surface area contributed by atoms with Crippen molar-refractivity contribution in [2.45, 2.75) is 36.9 Å². The normalized spacial score (nSPS) is 19.6. The molecule has 0 aromatic heterocycles. The number of carboxylic acids is 1. The Kier molecular flexibility index (Phi) is 6.85. The minimum atomic E-state index is -1.13. The zero-order chi connectivity index (χ0) is 24.2. The standard InChI is InChI=1S/C26H26N2O6/c1-3-8-22(24(29)28-14-16(33-2)13-23(28)25(30)31)27-26(32)34-15-21-19-11-6-4-9-17(19)18-10-5-7-12-20(18)21/h1,4-7,9-12,16,21-23H,8,13-15H2,2H3,(H,27,32)(H,30,31). The summed E-state index contributed by atoms with van der Waals surface area (Å²) < 4.78 is 10.8. The number of benzene rings is 2. The average Bonchev–Trinajstić information content (AvgIpc) is 3.42. The lowest BCUT2D eigenvalue weighted by molar-refractivity contribution is -0.148. The fourth-order valence-corrected chi connectivity index (χ4v) is 4.75. The quantitative estimate of drug-likeness (QED) is 0.613. The number of hydrogen-bond donors (Lipinski definition) is 2. The zero-order valence-corrected chi connectivity index (χ0v) is 18.8. The molecule has 2 aromatic carbocycles. The van der Waals surface area contributed by atoms with Gasteiger partial charge in [0.2, 0.25) is 5.91 Å². The third kappa shape index (κ3) is 4.47. The highest BCUT2D eigenvalue weighted by Crippen LogP contribution is 2.44. The van der Waals surface area contributed by atoms with E-state index in [2.05, 4.69) is 11.2 Å². The molecule has 0 spiro atoms. The Morgan fingerprint density at radius 2 is 1.76 bits per heavy atom. The lowest BCUT2D eigenvalue weighted by Crippen LogP contribution is -2.52. The number of fused-ring (bicyclic) bond motifs is 3. The maximum absolute atomic E-state index is 13.1. The van der Waals surface area contributed by atoms with Gasteiger partial charge in [-0.3, -0.25) is 4.79 Å². The van der Waals surface area contributed by atoms with Crippen molar-refractivity contribution in [3.63, 3.8) is 0 Å². The second-order valence-electron chi connectivity index (χ2n) is 8.37. The summed E-state index contributed by atoms with van der Waals surface area (Å²) in [5.74, 6) is 0.544. The van der Waals surface area contributed by atoms with Gasteiger partial charge in [0.15, 0.2) is 0 Å². The van der Waals surface area contributed by atoms with Crippen LogP contribution in [0.3, 0.4) is 0 Å². The lowest BCUT2D eigenvalue weighted by Gasteiger charge is -2.26. The van der Waals surface area contributed by atoms with E-state index in [1.54, 1.807) is 0 Å². The predicted octanol–water partition coefficient (Wildman–Crippen LogP) is 2.62. The van der Waals surface area contributed by atoms with Crippen LogP contribution in [0, 0.1) is 12.3 Å². The zero-order valence-electron chi connectivity index (χ0n) is 18.8. The molecule has 1 saturated heterocycles. The first-order valence-electron chi connectivity index (χ1n) is 11.1. The van der Waals surface area contributed by atoms with Gasteiger partial charge in [0.25, 0.3) is 0 Å². The van der Waals surface area contributed by atoms with Crippen LogP contribution in [-0.2, 0) is 19.1 Å². The van der Waals surface area contributed by atoms with E-state index >= 15 is 0 Å². The van der Waals surface area contributed by atoms with E-state index in [9.17, 15) is 19.5 Å². The molecule has 3 atom stereocenters. The first kappa shape index (κ1) is 23.3. The SMILES string of the molecule is C#CCC(NC(=O)OCC1c2ccccc2-c2ccccc21)C(=O)N1CC(OC)CC1C(=O)O. The molecule has 1 aliphatic heterocycles. The van der Waals surface area contributed by atoms with Gasteiger partial charge < -0.3 is 24.8 Å². The van der Waals surface area contributed by atoms with Gasteiger partial charge in [-0.15, -0.1) is 12.3 Å². The van der Waals surface area contributed by atoms with Crippen molar-refractivity contribution in [3.05, 3.63) is 59.7 Å². The smallest absolute Gasteiger partial charge is 0.407 e. The summed E-state index contributed by atoms with van der Waals surface area (Å²) in [6, 6.07) is 13.8. The Bertz CT molecular complexity index is 1090. The molecule has 176 valence electrons. The summed E-state index contributed by atoms with van der Waals surface area (Å²) >= 11 is 0. The van der Waals surface area contributed by atoms with Gasteiger partial charge >= 0.3 is 12.1 Å². The summed E-state index contributed by atoms with van der Waals surface area (Å²) in [6.45, 7) is 0.198. The van der Waals surface area contributed by atoms with E-state index in [-0.39, 0.29) is 31.9 Å². The Labute approximate surface area is 197 Å². The van der Waals surface area contributed by atoms with Crippen LogP contribution in [0.4, 0.5) is 4.79 Å². The summed E-state index contributed by atoms with van der Waals surface area (Å²) in [5.41, 5.74) is 4.35. The summed E-state index contributed by atoms with van der Waals surface area (Å²) in [7, 11) is 1.46. The average molecular weight is 463 g/mol. The Morgan fingerprint density at radius 1 is 1.15 bits per heavy atom. The highest BCUT2D eigenvalue weighted by Gasteiger charge is 2.42. The molecule has 1 heterocycles. The fraction of sp³-hybridized carbons (Fsp3) is 0.346. The molecule has 8 nitrogen and oxygen atoms in total. The van der Waals surface area contributed by atoms with Crippen LogP contribution in [0.5, 0.6) is 0 Å². The molecule has 2 amide bonds. The number of nitrogens with one attached hydrogen (secondary N) is 1. The molecular formula is C26H26N2O6. The van der Waals surface area contributed by atoms with Crippen molar-refractivity contribution in [1.29, 1.82) is 0 Å². The lowest BCUT2D eigenvalue weighted by atomic mass is 9.98. The molecule has 2 aliphatic rings. The van der Waals surface area contributed by atoms with Gasteiger partial charge in [-0.2, -0.15) is 0 Å². The molecule has 1 aliphatic carbocycles. The fourth-order valence-electron chi connectivity index (χ4n) is 4.75. The Morgan fingerprint density at radius 3 is 2.32 bits per heavy atom. The number of likely N-dealkylation sites (tertiary alicyclic amines) is 1. The van der Waals surface area contributed by atoms with Crippen LogP contribution in [-0.4, -0.2) is 66.4 Å². The van der Waals surface area contributed by atoms with Gasteiger partial charge in [0, 0.05) is 32.4 Å². The number of terminal acetylenes is 1. The molecular weight excluding hydrogens is 436 g/mol. The van der Waals surface area contributed by atoms with Gasteiger partial charge in [0.05, 0.1) is 6.10 Å². The molecule has 0 bridgehead atoms. The highest BCUT2D eigenvalue weighted by molar-refractivity contribution is 5.90. The van der Waals surface area contributed by atoms with Gasteiger partial charge in [-0.05, 0) is 22.3 Å². The largest absolute Gasteiger partial charge is 0.480 e. The number of amides is 2. The molecule has 1 fully saturated rings. The van der Waals surface area contributed by atoms with Crippen LogP contribution in [0.15, 0.2) is 48.5 Å². The van der Waals surface area contributed by atoms with Crippen LogP contribution in [0.1, 0.15) is 29.9 Å². The molecule has 2 N–H and O–H groups in total. The highest BCUT2D eigenvalue weighted by atomic mass is 16.5. The number of carbonyl (C=O) groups is 3. The van der Waals surface area contributed by atoms with E-state index < -0.39 is 36.2 Å². The minimum absolute atomic E-state index is 0.0873. The van der Waals surface area contributed by atoms with Crippen LogP contribution in [0.25, 0.3) is 11.1 Å². The van der Waals surface area contributed by atoms with E-state index in [4.69, 9.17) is 15.9 Å². The molecule has 0 saturated carbocycles. The first-order chi connectivity index (χ1) is 16.4. The number of methoxy groups -OCH3 is 1. The minimum Gasteiger partial charge on any atom is -0.480 e. The second kappa shape index (κ2) is 9.98. The molecule has 8 heteroatoms. The van der Waals surface area contributed by atoms with E-state index in [0.29, 0.717) is 0 Å². The van der Waals surface area contributed by atoms with Crippen molar-refractivity contribution in [1.82, 2.24) is 10.2 Å². The predicted molar refractivity (Wildman–Crippen MR) is 124 cm³/mol. The number of aliphatic carboxylic acids is 1.